The van der Waals surface area contributed by atoms with Gasteiger partial charge in [0.2, 0.25) is 6.33 Å². The fourth-order valence-electron chi connectivity index (χ4n) is 1.39. The van der Waals surface area contributed by atoms with Crippen molar-refractivity contribution in [1.82, 2.24) is 4.57 Å². The number of hydrogen-bond acceptors (Lipinski definition) is 2. The van der Waals surface area contributed by atoms with Gasteiger partial charge in [-0.1, -0.05) is 6.92 Å². The Morgan fingerprint density at radius 1 is 1.47 bits per heavy atom. The maximum Gasteiger partial charge on any atom is 0.244 e. The molecule has 4 heteroatoms. The van der Waals surface area contributed by atoms with Crippen LogP contribution in [0.3, 0.4) is 0 Å². The van der Waals surface area contributed by atoms with E-state index < -0.39 is 0 Å². The number of nitrogens with zero attached hydrogens (tertiary/aromatic N) is 3. The Balaban J connectivity index is 2.17. The number of hydrogen-bond donors (Lipinski definition) is 0. The van der Waals surface area contributed by atoms with E-state index in [1.807, 2.05) is 35.0 Å². The Morgan fingerprint density at radius 2 is 2.33 bits per heavy atom. The highest BCUT2D eigenvalue weighted by atomic mass is 32.2. The smallest absolute Gasteiger partial charge is 0.237 e. The minimum absolute atomic E-state index is 0.443. The first-order chi connectivity index (χ1) is 7.36. The Bertz CT molecular complexity index is 314. The third-order valence-corrected chi connectivity index (χ3v) is 3.14. The van der Waals surface area contributed by atoms with E-state index in [1.54, 1.807) is 0 Å². The first-order valence-electron chi connectivity index (χ1n) is 5.36. The minimum atomic E-state index is 0.443. The fraction of sp³-hybridized carbons (Fsp3) is 0.636. The molecule has 0 aliphatic rings. The van der Waals surface area contributed by atoms with Crippen LogP contribution >= 0.6 is 11.8 Å². The van der Waals surface area contributed by atoms with E-state index >= 15 is 0 Å². The number of unbranched alkanes of at least 4 members (excludes halogenated alkanes) is 1. The molecule has 0 spiro atoms. The largest absolute Gasteiger partial charge is 0.244 e. The summed E-state index contributed by atoms with van der Waals surface area (Å²) in [5.74, 6) is 2.47. The molecule has 0 aliphatic heterocycles. The molecular formula is C11H18N3S+. The average Bonchev–Trinajstić information content (AvgIpc) is 2.66. The highest BCUT2D eigenvalue weighted by molar-refractivity contribution is 7.99. The van der Waals surface area contributed by atoms with Gasteiger partial charge in [0.05, 0.1) is 6.54 Å². The quantitative estimate of drug-likeness (QED) is 0.523. The summed E-state index contributed by atoms with van der Waals surface area (Å²) < 4.78 is 4.05. The van der Waals surface area contributed by atoms with Crippen molar-refractivity contribution in [2.24, 2.45) is 0 Å². The van der Waals surface area contributed by atoms with Gasteiger partial charge in [0.15, 0.2) is 6.54 Å². The molecule has 1 aromatic rings. The van der Waals surface area contributed by atoms with Crippen molar-refractivity contribution in [3.63, 3.8) is 0 Å². The van der Waals surface area contributed by atoms with Gasteiger partial charge in [0.25, 0.3) is 0 Å². The number of rotatable bonds is 7. The van der Waals surface area contributed by atoms with Gasteiger partial charge < -0.3 is 0 Å². The zero-order chi connectivity index (χ0) is 10.9. The Kier molecular flexibility index (Phi) is 5.94. The highest BCUT2D eigenvalue weighted by Crippen LogP contribution is 2.02. The molecule has 0 aromatic carbocycles. The Morgan fingerprint density at radius 3 is 3.07 bits per heavy atom. The molecule has 15 heavy (non-hydrogen) atoms. The minimum Gasteiger partial charge on any atom is -0.237 e. The van der Waals surface area contributed by atoms with Crippen molar-refractivity contribution in [2.45, 2.75) is 32.9 Å². The third kappa shape index (κ3) is 4.89. The maximum atomic E-state index is 8.52. The Labute approximate surface area is 95.7 Å². The molecule has 1 rings (SSSR count). The molecule has 1 heterocycles. The maximum absolute atomic E-state index is 8.52. The summed E-state index contributed by atoms with van der Waals surface area (Å²) in [7, 11) is 0. The molecule has 0 N–H and O–H groups in total. The van der Waals surface area contributed by atoms with Crippen LogP contribution in [0.5, 0.6) is 0 Å². The normalized spacial score (nSPS) is 10.1. The molecule has 0 unspecified atom stereocenters. The van der Waals surface area contributed by atoms with Gasteiger partial charge in [0.1, 0.15) is 18.5 Å². The van der Waals surface area contributed by atoms with Crippen LogP contribution in [0.4, 0.5) is 0 Å². The lowest BCUT2D eigenvalue weighted by molar-refractivity contribution is -0.696. The van der Waals surface area contributed by atoms with Crippen molar-refractivity contribution in [3.8, 4) is 6.07 Å². The lowest BCUT2D eigenvalue weighted by Gasteiger charge is -1.97. The van der Waals surface area contributed by atoms with E-state index in [0.29, 0.717) is 6.54 Å². The lowest BCUT2D eigenvalue weighted by atomic mass is 10.3. The molecule has 0 saturated heterocycles. The molecule has 0 bridgehead atoms. The standard InChI is InChI=1S/C11H18N3S/c1-2-15-10-4-3-6-13-8-9-14(11-13)7-5-12/h8-9,11H,2-4,6-7,10H2,1H3/q+1. The summed E-state index contributed by atoms with van der Waals surface area (Å²) in [4.78, 5) is 0. The van der Waals surface area contributed by atoms with Crippen molar-refractivity contribution in [2.75, 3.05) is 11.5 Å². The van der Waals surface area contributed by atoms with E-state index in [0.717, 1.165) is 6.54 Å². The van der Waals surface area contributed by atoms with Gasteiger partial charge >= 0.3 is 0 Å². The second-order valence-corrected chi connectivity index (χ2v) is 4.78. The van der Waals surface area contributed by atoms with E-state index in [9.17, 15) is 0 Å². The zero-order valence-electron chi connectivity index (χ0n) is 9.22. The molecular weight excluding hydrogens is 206 g/mol. The van der Waals surface area contributed by atoms with Crippen LogP contribution in [-0.4, -0.2) is 16.1 Å². The molecule has 0 saturated carbocycles. The zero-order valence-corrected chi connectivity index (χ0v) is 10.0. The number of aryl methyl sites for hydroxylation is 1. The van der Waals surface area contributed by atoms with Gasteiger partial charge in [-0.15, -0.1) is 0 Å². The summed E-state index contributed by atoms with van der Waals surface area (Å²) in [5.41, 5.74) is 0. The van der Waals surface area contributed by atoms with E-state index in [4.69, 9.17) is 5.26 Å². The van der Waals surface area contributed by atoms with Gasteiger partial charge in [-0.3, -0.25) is 0 Å². The number of thioether (sulfide) groups is 1. The fourth-order valence-corrected chi connectivity index (χ4v) is 2.09. The molecule has 3 nitrogen and oxygen atoms in total. The average molecular weight is 224 g/mol. The number of imidazole rings is 1. The van der Waals surface area contributed by atoms with Gasteiger partial charge in [-0.2, -0.15) is 17.0 Å². The van der Waals surface area contributed by atoms with Crippen LogP contribution in [0.15, 0.2) is 18.7 Å². The summed E-state index contributed by atoms with van der Waals surface area (Å²) >= 11 is 2.00. The van der Waals surface area contributed by atoms with Crippen LogP contribution in [0.25, 0.3) is 0 Å². The topological polar surface area (TPSA) is 32.6 Å². The summed E-state index contributed by atoms with van der Waals surface area (Å²) in [6.07, 6.45) is 8.47. The van der Waals surface area contributed by atoms with Crippen LogP contribution in [0, 0.1) is 11.3 Å². The van der Waals surface area contributed by atoms with Gasteiger partial charge in [0, 0.05) is 0 Å². The SMILES string of the molecule is CCSCCCC[n+]1ccn(CC#N)c1. The molecule has 82 valence electrons. The number of nitriles is 1. The van der Waals surface area contributed by atoms with Crippen LogP contribution < -0.4 is 4.57 Å². The highest BCUT2D eigenvalue weighted by Gasteiger charge is 2.01. The van der Waals surface area contributed by atoms with Crippen molar-refractivity contribution in [1.29, 1.82) is 5.26 Å². The summed E-state index contributed by atoms with van der Waals surface area (Å²) in [6, 6.07) is 2.13. The molecule has 0 atom stereocenters. The predicted molar refractivity (Wildman–Crippen MR) is 62.5 cm³/mol. The monoisotopic (exact) mass is 224 g/mol. The van der Waals surface area contributed by atoms with Crippen molar-refractivity contribution in [3.05, 3.63) is 18.7 Å². The van der Waals surface area contributed by atoms with Crippen molar-refractivity contribution < 1.29 is 4.57 Å². The second kappa shape index (κ2) is 7.36. The molecule has 0 aliphatic carbocycles. The lowest BCUT2D eigenvalue weighted by Crippen LogP contribution is -2.30. The van der Waals surface area contributed by atoms with Gasteiger partial charge in [-0.05, 0) is 24.3 Å². The number of aromatic nitrogens is 2. The first kappa shape index (κ1) is 12.1. The summed E-state index contributed by atoms with van der Waals surface area (Å²) in [5, 5.41) is 8.52. The van der Waals surface area contributed by atoms with E-state index in [2.05, 4.69) is 17.6 Å². The molecule has 1 aromatic heterocycles. The second-order valence-electron chi connectivity index (χ2n) is 3.39. The third-order valence-electron chi connectivity index (χ3n) is 2.16. The molecule has 0 radical (unpaired) electrons. The predicted octanol–water partition coefficient (Wildman–Crippen LogP) is 1.83. The molecule has 0 fully saturated rings. The van der Waals surface area contributed by atoms with Crippen LogP contribution in [0.2, 0.25) is 0 Å². The van der Waals surface area contributed by atoms with Crippen molar-refractivity contribution >= 4 is 11.8 Å². The van der Waals surface area contributed by atoms with Crippen LogP contribution in [0.1, 0.15) is 19.8 Å². The summed E-state index contributed by atoms with van der Waals surface area (Å²) in [6.45, 7) is 3.70. The van der Waals surface area contributed by atoms with Crippen LogP contribution in [-0.2, 0) is 13.1 Å². The van der Waals surface area contributed by atoms with Gasteiger partial charge in [-0.25, -0.2) is 9.13 Å². The van der Waals surface area contributed by atoms with E-state index in [1.165, 1.54) is 24.3 Å². The van der Waals surface area contributed by atoms with E-state index in [-0.39, 0.29) is 0 Å². The first-order valence-corrected chi connectivity index (χ1v) is 6.51. The Hall–Kier alpha value is -0.950. The molecule has 0 amide bonds.